The molecule has 0 saturated carbocycles. The van der Waals surface area contributed by atoms with E-state index in [0.29, 0.717) is 50.5 Å². The molecule has 4 heterocycles. The molecule has 1 unspecified atom stereocenters. The van der Waals surface area contributed by atoms with Crippen LogP contribution in [-0.2, 0) is 9.47 Å². The maximum Gasteiger partial charge on any atom is 0.255 e. The molecule has 3 aliphatic heterocycles. The summed E-state index contributed by atoms with van der Waals surface area (Å²) in [5.41, 5.74) is 10.6. The predicted octanol–water partition coefficient (Wildman–Crippen LogP) is 3.26. The van der Waals surface area contributed by atoms with Gasteiger partial charge in [0.25, 0.3) is 5.91 Å². The Morgan fingerprint density at radius 3 is 3.09 bits per heavy atom. The van der Waals surface area contributed by atoms with Crippen LogP contribution in [0.2, 0.25) is 0 Å². The van der Waals surface area contributed by atoms with E-state index in [1.165, 1.54) is 13.2 Å². The number of allylic oxidation sites excluding steroid dienone is 3. The number of hydrogen-bond donors (Lipinski definition) is 4. The lowest BCUT2D eigenvalue weighted by atomic mass is 9.91. The van der Waals surface area contributed by atoms with E-state index in [1.807, 2.05) is 6.21 Å². The minimum atomic E-state index is -0.554. The Hall–Kier alpha value is -3.51. The predicted molar refractivity (Wildman–Crippen MR) is 127 cm³/mol. The number of aromatic amines is 1. The van der Waals surface area contributed by atoms with Crippen molar-refractivity contribution in [2.24, 2.45) is 4.99 Å². The Morgan fingerprint density at radius 2 is 2.21 bits per heavy atom. The first-order valence-corrected chi connectivity index (χ1v) is 11.7. The van der Waals surface area contributed by atoms with Crippen molar-refractivity contribution in [1.82, 2.24) is 15.6 Å². The zero-order valence-corrected chi connectivity index (χ0v) is 19.1. The number of aliphatic imine (C=N–C) groups is 1. The van der Waals surface area contributed by atoms with Crippen molar-refractivity contribution in [3.05, 3.63) is 57.5 Å². The summed E-state index contributed by atoms with van der Waals surface area (Å²) in [6, 6.07) is 0. The highest BCUT2D eigenvalue weighted by molar-refractivity contribution is 6.06. The van der Waals surface area contributed by atoms with Gasteiger partial charge >= 0.3 is 0 Å². The number of carbonyl (C=O) groups excluding carboxylic acids is 1. The molecule has 1 aromatic heterocycles. The summed E-state index contributed by atoms with van der Waals surface area (Å²) < 4.78 is 25.5. The van der Waals surface area contributed by atoms with E-state index < -0.39 is 5.83 Å². The van der Waals surface area contributed by atoms with E-state index in [0.717, 1.165) is 41.9 Å². The third kappa shape index (κ3) is 4.21. The van der Waals surface area contributed by atoms with Gasteiger partial charge < -0.3 is 30.4 Å². The van der Waals surface area contributed by atoms with Crippen molar-refractivity contribution in [3.63, 3.8) is 0 Å². The number of amides is 1. The Kier molecular flexibility index (Phi) is 6.41. The lowest BCUT2D eigenvalue weighted by Crippen LogP contribution is -2.35. The van der Waals surface area contributed by atoms with Crippen molar-refractivity contribution in [2.45, 2.75) is 31.6 Å². The molecule has 1 aromatic rings. The van der Waals surface area contributed by atoms with Crippen LogP contribution in [0.15, 0.2) is 45.5 Å². The van der Waals surface area contributed by atoms with Gasteiger partial charge in [0, 0.05) is 55.7 Å². The number of hydrogen-bond acceptors (Lipinski definition) is 6. The minimum absolute atomic E-state index is 0.0213. The smallest absolute Gasteiger partial charge is 0.255 e. The van der Waals surface area contributed by atoms with E-state index in [2.05, 4.69) is 37.4 Å². The molecule has 1 atom stereocenters. The summed E-state index contributed by atoms with van der Waals surface area (Å²) in [5, 5.41) is 9.73. The van der Waals surface area contributed by atoms with Gasteiger partial charge in [-0.1, -0.05) is 12.2 Å². The average molecular weight is 466 g/mol. The second-order valence-corrected chi connectivity index (χ2v) is 8.58. The maximum absolute atomic E-state index is 14.4. The Labute approximate surface area is 197 Å². The van der Waals surface area contributed by atoms with Crippen LogP contribution in [0.25, 0.3) is 5.57 Å². The third-order valence-electron chi connectivity index (χ3n) is 6.46. The fraction of sp³-hybridized carbons (Fsp3) is 0.440. The highest BCUT2D eigenvalue weighted by Gasteiger charge is 2.34. The van der Waals surface area contributed by atoms with Crippen molar-refractivity contribution >= 4 is 23.4 Å². The van der Waals surface area contributed by atoms with Gasteiger partial charge in [0.1, 0.15) is 5.70 Å². The number of fused-ring (bicyclic) bond motifs is 2. The number of nitrogens with one attached hydrogen (secondary N) is 4. The van der Waals surface area contributed by atoms with Gasteiger partial charge in [0.2, 0.25) is 0 Å². The highest BCUT2D eigenvalue weighted by atomic mass is 19.1. The summed E-state index contributed by atoms with van der Waals surface area (Å²) in [7, 11) is 1.40. The molecule has 4 aliphatic rings. The molecule has 0 fully saturated rings. The van der Waals surface area contributed by atoms with Gasteiger partial charge in [-0.25, -0.2) is 4.39 Å². The Morgan fingerprint density at radius 1 is 1.29 bits per heavy atom. The number of aromatic nitrogens is 1. The molecule has 0 spiro atoms. The zero-order chi connectivity index (χ0) is 23.5. The molecular weight excluding hydrogens is 437 g/mol. The molecule has 9 heteroatoms. The van der Waals surface area contributed by atoms with Crippen LogP contribution in [-0.4, -0.2) is 57.1 Å². The van der Waals surface area contributed by atoms with Crippen LogP contribution >= 0.6 is 0 Å². The Balaban J connectivity index is 1.67. The van der Waals surface area contributed by atoms with Crippen LogP contribution < -0.4 is 16.0 Å². The maximum atomic E-state index is 14.4. The monoisotopic (exact) mass is 465 g/mol. The van der Waals surface area contributed by atoms with Crippen molar-refractivity contribution < 1.29 is 18.7 Å². The summed E-state index contributed by atoms with van der Waals surface area (Å²) >= 11 is 0. The van der Waals surface area contributed by atoms with Crippen LogP contribution in [0.4, 0.5) is 10.1 Å². The standard InChI is InChI=1S/C25H28FN5O3/c1-33-24-17(26)6-4-7-18(24)30-23-20-21-15(13-29-25(20)32)5-2-3-11-34-12-10-28-19-14-27-9-8-16(19)22(23)31-21/h6,14-15,28,30-31H,2-3,5,8-13H2,1H3,(H,29,32). The molecule has 1 aliphatic carbocycles. The summed E-state index contributed by atoms with van der Waals surface area (Å²) in [4.78, 5) is 21.2. The van der Waals surface area contributed by atoms with Gasteiger partial charge in [-0.2, -0.15) is 0 Å². The number of carbonyl (C=O) groups is 1. The summed E-state index contributed by atoms with van der Waals surface area (Å²) in [6.45, 7) is 3.17. The number of methoxy groups -OCH3 is 1. The topological polar surface area (TPSA) is 99.8 Å². The normalized spacial score (nSPS) is 22.5. The lowest BCUT2D eigenvalue weighted by molar-refractivity contribution is 0.0938. The number of halogens is 1. The molecule has 1 amide bonds. The highest BCUT2D eigenvalue weighted by Crippen LogP contribution is 2.40. The van der Waals surface area contributed by atoms with Gasteiger partial charge in [-0.15, -0.1) is 0 Å². The molecule has 5 rings (SSSR count). The van der Waals surface area contributed by atoms with Crippen molar-refractivity contribution in [3.8, 4) is 0 Å². The molecule has 34 heavy (non-hydrogen) atoms. The number of nitrogens with zero attached hydrogens (tertiary/aromatic N) is 1. The first-order valence-electron chi connectivity index (χ1n) is 11.7. The average Bonchev–Trinajstić information content (AvgIpc) is 3.22. The van der Waals surface area contributed by atoms with Crippen molar-refractivity contribution in [2.75, 3.05) is 45.3 Å². The minimum Gasteiger partial charge on any atom is -0.491 e. The number of dihydropyridines is 1. The van der Waals surface area contributed by atoms with E-state index in [9.17, 15) is 9.18 Å². The molecule has 178 valence electrons. The van der Waals surface area contributed by atoms with E-state index >= 15 is 0 Å². The number of rotatable bonds is 3. The van der Waals surface area contributed by atoms with Crippen LogP contribution in [0.3, 0.4) is 0 Å². The number of anilines is 1. The quantitative estimate of drug-likeness (QED) is 0.514. The SMILES string of the molecule is COC1=C(F)C=C=C=C1Nc1c2[nH]c3c1C(=O)NCC3CCCCOCCNC1=C2CCN=C1. The Bertz CT molecular complexity index is 1200. The fourth-order valence-electron chi connectivity index (χ4n) is 4.80. The number of ether oxygens (including phenoxy) is 2. The third-order valence-corrected chi connectivity index (χ3v) is 6.46. The van der Waals surface area contributed by atoms with Crippen LogP contribution in [0, 0.1) is 0 Å². The fourth-order valence-corrected chi connectivity index (χ4v) is 4.80. The first kappa shape index (κ1) is 22.3. The van der Waals surface area contributed by atoms with Crippen LogP contribution in [0.1, 0.15) is 53.3 Å². The number of H-pyrrole nitrogens is 1. The zero-order valence-electron chi connectivity index (χ0n) is 19.1. The van der Waals surface area contributed by atoms with Gasteiger partial charge in [-0.3, -0.25) is 9.79 Å². The second-order valence-electron chi connectivity index (χ2n) is 8.58. The van der Waals surface area contributed by atoms with Gasteiger partial charge in [-0.05, 0) is 25.0 Å². The largest absolute Gasteiger partial charge is 0.491 e. The summed E-state index contributed by atoms with van der Waals surface area (Å²) in [5.74, 6) is -0.554. The molecular formula is C25H28FN5O3. The summed E-state index contributed by atoms with van der Waals surface area (Å²) in [6.07, 6.45) is 6.56. The van der Waals surface area contributed by atoms with Gasteiger partial charge in [0.05, 0.1) is 36.4 Å². The van der Waals surface area contributed by atoms with Crippen molar-refractivity contribution in [1.29, 1.82) is 0 Å². The lowest BCUT2D eigenvalue weighted by Gasteiger charge is -2.24. The molecule has 0 aromatic carbocycles. The molecule has 0 saturated heterocycles. The van der Waals surface area contributed by atoms with E-state index in [1.54, 1.807) is 0 Å². The molecule has 4 N–H and O–H groups in total. The van der Waals surface area contributed by atoms with Gasteiger partial charge in [0.15, 0.2) is 11.6 Å². The van der Waals surface area contributed by atoms with Crippen LogP contribution in [0.5, 0.6) is 0 Å². The molecule has 8 nitrogen and oxygen atoms in total. The van der Waals surface area contributed by atoms with E-state index in [-0.39, 0.29) is 23.3 Å². The molecule has 0 radical (unpaired) electrons. The van der Waals surface area contributed by atoms with E-state index in [4.69, 9.17) is 9.47 Å². The first-order chi connectivity index (χ1) is 16.7. The molecule has 2 bridgehead atoms. The second kappa shape index (κ2) is 9.77.